The minimum atomic E-state index is -0.136. The molecule has 1 aliphatic rings. The smallest absolute Gasteiger partial charge is 0.228 e. The molecule has 0 spiro atoms. The molecule has 0 bridgehead atoms. The average molecular weight is 510 g/mol. The number of pyridine rings is 1. The van der Waals surface area contributed by atoms with Crippen LogP contribution in [-0.4, -0.2) is 20.7 Å². The predicted molar refractivity (Wildman–Crippen MR) is 153 cm³/mol. The van der Waals surface area contributed by atoms with E-state index in [-0.39, 0.29) is 5.78 Å². The molecule has 2 atom stereocenters. The van der Waals surface area contributed by atoms with Crippen LogP contribution in [0.25, 0.3) is 11.0 Å². The molecular formula is C33H39N3O2. The van der Waals surface area contributed by atoms with Crippen molar-refractivity contribution in [1.82, 2.24) is 15.0 Å². The van der Waals surface area contributed by atoms with Crippen LogP contribution in [-0.2, 0) is 0 Å². The van der Waals surface area contributed by atoms with Crippen molar-refractivity contribution in [1.29, 1.82) is 0 Å². The number of carbonyl (C=O) groups is 1. The van der Waals surface area contributed by atoms with Gasteiger partial charge in [0.05, 0.1) is 11.0 Å². The molecule has 5 rings (SSSR count). The van der Waals surface area contributed by atoms with Gasteiger partial charge in [0.25, 0.3) is 0 Å². The summed E-state index contributed by atoms with van der Waals surface area (Å²) < 4.78 is 6.34. The maximum atomic E-state index is 13.0. The number of nitrogens with one attached hydrogen (secondary N) is 1. The van der Waals surface area contributed by atoms with Crippen molar-refractivity contribution in [3.05, 3.63) is 83.8 Å². The van der Waals surface area contributed by atoms with Crippen LogP contribution in [0.3, 0.4) is 0 Å². The zero-order valence-corrected chi connectivity index (χ0v) is 22.7. The van der Waals surface area contributed by atoms with Crippen molar-refractivity contribution in [3.8, 4) is 11.6 Å². The van der Waals surface area contributed by atoms with E-state index in [0.717, 1.165) is 17.5 Å². The minimum absolute atomic E-state index is 0.136. The number of fused-ring (bicyclic) bond motifs is 1. The van der Waals surface area contributed by atoms with Crippen LogP contribution in [0.15, 0.2) is 66.9 Å². The van der Waals surface area contributed by atoms with Crippen LogP contribution in [0.4, 0.5) is 0 Å². The second-order valence-corrected chi connectivity index (χ2v) is 11.2. The molecule has 5 heteroatoms. The Bertz CT molecular complexity index is 1330. The molecule has 1 fully saturated rings. The van der Waals surface area contributed by atoms with Gasteiger partial charge in [0, 0.05) is 17.3 Å². The molecular weight excluding hydrogens is 470 g/mol. The first-order valence-corrected chi connectivity index (χ1v) is 14.3. The molecule has 0 aliphatic heterocycles. The summed E-state index contributed by atoms with van der Waals surface area (Å²) in [7, 11) is 0. The highest BCUT2D eigenvalue weighted by atomic mass is 16.5. The normalized spacial score (nSPS) is 21.1. The summed E-state index contributed by atoms with van der Waals surface area (Å²) in [5, 5.41) is 0. The number of hydrogen-bond donors (Lipinski definition) is 1. The molecule has 2 aromatic heterocycles. The lowest BCUT2D eigenvalue weighted by Gasteiger charge is -2.30. The Morgan fingerprint density at radius 3 is 2.55 bits per heavy atom. The number of benzene rings is 2. The topological polar surface area (TPSA) is 67.9 Å². The average Bonchev–Trinajstić information content (AvgIpc) is 3.37. The molecule has 0 saturated heterocycles. The molecule has 2 aromatic carbocycles. The van der Waals surface area contributed by atoms with Gasteiger partial charge in [-0.1, -0.05) is 70.6 Å². The monoisotopic (exact) mass is 509 g/mol. The highest BCUT2D eigenvalue weighted by molar-refractivity contribution is 6.08. The highest BCUT2D eigenvalue weighted by Crippen LogP contribution is 2.41. The zero-order valence-electron chi connectivity index (χ0n) is 22.7. The molecule has 2 unspecified atom stereocenters. The minimum Gasteiger partial charge on any atom is -0.439 e. The van der Waals surface area contributed by atoms with Gasteiger partial charge in [-0.2, -0.15) is 0 Å². The van der Waals surface area contributed by atoms with Gasteiger partial charge in [-0.3, -0.25) is 4.79 Å². The van der Waals surface area contributed by atoms with Crippen molar-refractivity contribution in [2.24, 2.45) is 5.41 Å². The number of H-pyrrole nitrogens is 1. The maximum Gasteiger partial charge on any atom is 0.228 e. The fourth-order valence-corrected chi connectivity index (χ4v) is 5.71. The molecule has 0 amide bonds. The number of para-hydroxylation sites is 2. The quantitative estimate of drug-likeness (QED) is 0.263. The molecule has 0 radical (unpaired) electrons. The van der Waals surface area contributed by atoms with Crippen LogP contribution < -0.4 is 4.74 Å². The maximum absolute atomic E-state index is 13.0. The summed E-state index contributed by atoms with van der Waals surface area (Å²) in [5.41, 5.74) is 3.82. The molecule has 1 N–H and O–H groups in total. The van der Waals surface area contributed by atoms with Crippen LogP contribution in [0.5, 0.6) is 11.6 Å². The summed E-state index contributed by atoms with van der Waals surface area (Å²) in [6.45, 7) is 4.81. The molecule has 2 heterocycles. The van der Waals surface area contributed by atoms with E-state index in [0.29, 0.717) is 34.4 Å². The van der Waals surface area contributed by atoms with E-state index < -0.39 is 0 Å². The summed E-state index contributed by atoms with van der Waals surface area (Å²) in [4.78, 5) is 25.2. The number of nitrogens with zero attached hydrogens (tertiary/aromatic N) is 2. The Morgan fingerprint density at radius 1 is 0.947 bits per heavy atom. The first kappa shape index (κ1) is 26.1. The zero-order chi connectivity index (χ0) is 26.4. The highest BCUT2D eigenvalue weighted by Gasteiger charge is 2.26. The Labute approximate surface area is 226 Å². The number of aromatic nitrogens is 3. The number of hydrogen-bond acceptors (Lipinski definition) is 4. The van der Waals surface area contributed by atoms with Crippen molar-refractivity contribution in [2.75, 3.05) is 0 Å². The Morgan fingerprint density at radius 2 is 1.74 bits per heavy atom. The van der Waals surface area contributed by atoms with E-state index in [2.05, 4.69) is 34.9 Å². The van der Waals surface area contributed by atoms with E-state index in [9.17, 15) is 4.79 Å². The summed E-state index contributed by atoms with van der Waals surface area (Å²) >= 11 is 0. The molecule has 4 aromatic rings. The van der Waals surface area contributed by atoms with Crippen molar-refractivity contribution in [3.63, 3.8) is 0 Å². The largest absolute Gasteiger partial charge is 0.439 e. The predicted octanol–water partition coefficient (Wildman–Crippen LogP) is 9.01. The summed E-state index contributed by atoms with van der Waals surface area (Å²) in [6.07, 6.45) is 14.5. The Balaban J connectivity index is 1.32. The standard InChI is InChI=1S/C33H39N3O2/c1-3-33(2)21-10-6-4-5-7-12-24(20-22-33)27-13-11-23-34-32(27)38-26-18-16-25(17-19-26)30(37)31-35-28-14-8-9-15-29(28)36-31/h8-9,11,13-19,23-24H,3-7,10,12,20-22H2,1-2H3,(H,35,36). The molecule has 38 heavy (non-hydrogen) atoms. The fourth-order valence-electron chi connectivity index (χ4n) is 5.71. The van der Waals surface area contributed by atoms with Crippen molar-refractivity contribution in [2.45, 2.75) is 84.0 Å². The second kappa shape index (κ2) is 11.9. The van der Waals surface area contributed by atoms with E-state index in [1.54, 1.807) is 18.3 Å². The van der Waals surface area contributed by atoms with Gasteiger partial charge in [0.15, 0.2) is 5.82 Å². The molecule has 1 saturated carbocycles. The third-order valence-electron chi connectivity index (χ3n) is 8.46. The van der Waals surface area contributed by atoms with E-state index >= 15 is 0 Å². The van der Waals surface area contributed by atoms with Crippen LogP contribution >= 0.6 is 0 Å². The molecule has 1 aliphatic carbocycles. The third-order valence-corrected chi connectivity index (χ3v) is 8.46. The summed E-state index contributed by atoms with van der Waals surface area (Å²) in [5.74, 6) is 2.01. The van der Waals surface area contributed by atoms with Crippen molar-refractivity contribution < 1.29 is 9.53 Å². The van der Waals surface area contributed by atoms with Crippen LogP contribution in [0.2, 0.25) is 0 Å². The van der Waals surface area contributed by atoms with Gasteiger partial charge < -0.3 is 9.72 Å². The summed E-state index contributed by atoms with van der Waals surface area (Å²) in [6, 6.07) is 19.2. The molecule has 198 valence electrons. The SMILES string of the molecule is CCC1(C)CCCCCCCC(c2cccnc2Oc2ccc(C(=O)c3nc4ccccc4[nH]3)cc2)CC1. The fraction of sp³-hybridized carbons (Fsp3) is 0.424. The Kier molecular flexibility index (Phi) is 8.21. The number of carbonyl (C=O) groups excluding carboxylic acids is 1. The van der Waals surface area contributed by atoms with E-state index in [4.69, 9.17) is 4.74 Å². The number of ether oxygens (including phenoxy) is 1. The number of aromatic amines is 1. The number of imidazole rings is 1. The lowest BCUT2D eigenvalue weighted by Crippen LogP contribution is -2.17. The van der Waals surface area contributed by atoms with Crippen LogP contribution in [0.1, 0.15) is 106 Å². The first-order valence-electron chi connectivity index (χ1n) is 14.3. The van der Waals surface area contributed by atoms with Gasteiger partial charge >= 0.3 is 0 Å². The lowest BCUT2D eigenvalue weighted by molar-refractivity contribution is 0.103. The molecule has 5 nitrogen and oxygen atoms in total. The van der Waals surface area contributed by atoms with Crippen molar-refractivity contribution >= 4 is 16.8 Å². The second-order valence-electron chi connectivity index (χ2n) is 11.2. The first-order chi connectivity index (χ1) is 18.5. The van der Waals surface area contributed by atoms with Gasteiger partial charge in [-0.25, -0.2) is 9.97 Å². The van der Waals surface area contributed by atoms with Crippen LogP contribution in [0, 0.1) is 5.41 Å². The van der Waals surface area contributed by atoms with Gasteiger partial charge in [-0.15, -0.1) is 0 Å². The number of rotatable bonds is 6. The van der Waals surface area contributed by atoms with Gasteiger partial charge in [0.2, 0.25) is 11.7 Å². The lowest BCUT2D eigenvalue weighted by atomic mass is 9.75. The Hall–Kier alpha value is -3.47. The number of ketones is 1. The third kappa shape index (κ3) is 6.15. The van der Waals surface area contributed by atoms with Gasteiger partial charge in [0.1, 0.15) is 5.75 Å². The van der Waals surface area contributed by atoms with E-state index in [1.165, 1.54) is 63.4 Å². The van der Waals surface area contributed by atoms with E-state index in [1.807, 2.05) is 42.5 Å². The van der Waals surface area contributed by atoms with Gasteiger partial charge in [-0.05, 0) is 79.5 Å².